The lowest BCUT2D eigenvalue weighted by molar-refractivity contribution is -0.121. The number of nitrogens with two attached hydrogens (primary N) is 1. The largest absolute Gasteiger partial charge is 0.381 e. The molecular formula is C20H24ClFN4O3. The van der Waals surface area contributed by atoms with Gasteiger partial charge in [-0.3, -0.25) is 4.79 Å². The summed E-state index contributed by atoms with van der Waals surface area (Å²) < 4.78 is 19.1. The Balaban J connectivity index is 1.53. The predicted octanol–water partition coefficient (Wildman–Crippen LogP) is 1.72. The van der Waals surface area contributed by atoms with Gasteiger partial charge in [-0.25, -0.2) is 9.18 Å². The number of hydrogen-bond donors (Lipinski definition) is 2. The molecule has 0 bridgehead atoms. The molecule has 156 valence electrons. The highest BCUT2D eigenvalue weighted by molar-refractivity contribution is 6.33. The second-order valence-electron chi connectivity index (χ2n) is 7.64. The lowest BCUT2D eigenvalue weighted by Gasteiger charge is -2.41. The number of halogens is 2. The first-order valence-corrected chi connectivity index (χ1v) is 10.2. The van der Waals surface area contributed by atoms with Crippen LogP contribution in [0.2, 0.25) is 0 Å². The molecule has 4 rings (SSSR count). The molecule has 2 atom stereocenters. The van der Waals surface area contributed by atoms with Gasteiger partial charge in [0.25, 0.3) is 0 Å². The number of primary amides is 1. The fraction of sp³-hybridized carbons (Fsp3) is 0.500. The third-order valence-electron chi connectivity index (χ3n) is 5.87. The first kappa shape index (κ1) is 20.0. The van der Waals surface area contributed by atoms with E-state index in [1.807, 2.05) is 4.90 Å². The van der Waals surface area contributed by atoms with Gasteiger partial charge in [0, 0.05) is 44.5 Å². The Kier molecular flexibility index (Phi) is 5.65. The van der Waals surface area contributed by atoms with Gasteiger partial charge < -0.3 is 25.6 Å². The van der Waals surface area contributed by atoms with E-state index in [-0.39, 0.29) is 18.1 Å². The molecular weight excluding hydrogens is 399 g/mol. The Morgan fingerprint density at radius 1 is 1.24 bits per heavy atom. The number of hydrogen-bond acceptors (Lipinski definition) is 4. The van der Waals surface area contributed by atoms with Crippen LogP contribution in [0.1, 0.15) is 18.4 Å². The van der Waals surface area contributed by atoms with Crippen molar-refractivity contribution >= 4 is 29.1 Å². The summed E-state index contributed by atoms with van der Waals surface area (Å²) >= 11 is 6.60. The van der Waals surface area contributed by atoms with Crippen LogP contribution in [-0.4, -0.2) is 66.7 Å². The number of urea groups is 1. The van der Waals surface area contributed by atoms with Gasteiger partial charge in [-0.1, -0.05) is 23.7 Å². The number of rotatable bonds is 3. The van der Waals surface area contributed by atoms with Crippen molar-refractivity contribution in [3.8, 4) is 0 Å². The molecule has 1 aromatic rings. The van der Waals surface area contributed by atoms with Gasteiger partial charge in [-0.2, -0.15) is 0 Å². The first-order valence-electron chi connectivity index (χ1n) is 9.80. The highest BCUT2D eigenvalue weighted by Gasteiger charge is 2.47. The molecule has 9 heteroatoms. The van der Waals surface area contributed by atoms with Gasteiger partial charge in [0.2, 0.25) is 5.91 Å². The molecule has 0 radical (unpaired) electrons. The van der Waals surface area contributed by atoms with E-state index in [0.29, 0.717) is 49.1 Å². The van der Waals surface area contributed by atoms with Crippen LogP contribution in [-0.2, 0) is 9.53 Å². The zero-order valence-electron chi connectivity index (χ0n) is 15.9. The summed E-state index contributed by atoms with van der Waals surface area (Å²) in [6.45, 7) is 2.55. The third kappa shape index (κ3) is 3.91. The zero-order chi connectivity index (χ0) is 20.5. The van der Waals surface area contributed by atoms with E-state index in [2.05, 4.69) is 5.32 Å². The molecule has 0 spiro atoms. The van der Waals surface area contributed by atoms with E-state index in [1.54, 1.807) is 17.0 Å². The maximum absolute atomic E-state index is 13.8. The third-order valence-corrected chi connectivity index (χ3v) is 6.29. The summed E-state index contributed by atoms with van der Waals surface area (Å²) in [4.78, 5) is 28.7. The molecule has 3 aliphatic rings. The van der Waals surface area contributed by atoms with Gasteiger partial charge in [0.15, 0.2) is 0 Å². The van der Waals surface area contributed by atoms with E-state index in [0.717, 1.165) is 12.8 Å². The number of fused-ring (bicyclic) bond motifs is 1. The summed E-state index contributed by atoms with van der Waals surface area (Å²) in [6.07, 6.45) is 1.58. The van der Waals surface area contributed by atoms with Gasteiger partial charge in [0.1, 0.15) is 11.0 Å². The van der Waals surface area contributed by atoms with Crippen LogP contribution in [0.4, 0.5) is 9.18 Å². The van der Waals surface area contributed by atoms with Crippen molar-refractivity contribution in [3.05, 3.63) is 40.8 Å². The van der Waals surface area contributed by atoms with Crippen molar-refractivity contribution < 1.29 is 18.7 Å². The van der Waals surface area contributed by atoms with Crippen molar-refractivity contribution in [3.63, 3.8) is 0 Å². The van der Waals surface area contributed by atoms with Crippen LogP contribution in [0.15, 0.2) is 29.4 Å². The second kappa shape index (κ2) is 8.20. The fourth-order valence-electron chi connectivity index (χ4n) is 4.39. The minimum absolute atomic E-state index is 0.0920. The number of amides is 3. The second-order valence-corrected chi connectivity index (χ2v) is 8.00. The number of carbonyl (C=O) groups excluding carboxylic acids is 2. The molecule has 2 saturated heterocycles. The molecule has 3 aliphatic heterocycles. The summed E-state index contributed by atoms with van der Waals surface area (Å²) in [5.41, 5.74) is 6.78. The van der Waals surface area contributed by atoms with Crippen molar-refractivity contribution in [1.82, 2.24) is 15.1 Å². The van der Waals surface area contributed by atoms with E-state index in [1.165, 1.54) is 12.1 Å². The van der Waals surface area contributed by atoms with Crippen LogP contribution in [0.25, 0.3) is 5.57 Å². The maximum atomic E-state index is 13.8. The molecule has 3 heterocycles. The van der Waals surface area contributed by atoms with Gasteiger partial charge >= 0.3 is 6.03 Å². The Morgan fingerprint density at radius 2 is 2.00 bits per heavy atom. The highest BCUT2D eigenvalue weighted by Crippen LogP contribution is 2.43. The number of piperazine rings is 1. The topological polar surface area (TPSA) is 87.9 Å². The average Bonchev–Trinajstić information content (AvgIpc) is 3.01. The molecule has 0 aromatic heterocycles. The molecule has 2 fully saturated rings. The summed E-state index contributed by atoms with van der Waals surface area (Å²) in [5, 5.41) is 3.45. The lowest BCUT2D eigenvalue weighted by atomic mass is 9.88. The summed E-state index contributed by atoms with van der Waals surface area (Å²) in [7, 11) is 0. The van der Waals surface area contributed by atoms with Crippen molar-refractivity contribution in [2.45, 2.75) is 24.9 Å². The number of ether oxygens (including phenoxy) is 1. The molecule has 3 N–H and O–H groups in total. The van der Waals surface area contributed by atoms with E-state index < -0.39 is 17.6 Å². The predicted molar refractivity (Wildman–Crippen MR) is 106 cm³/mol. The zero-order valence-corrected chi connectivity index (χ0v) is 16.7. The number of benzene rings is 1. The molecule has 2 unspecified atom stereocenters. The fourth-order valence-corrected chi connectivity index (χ4v) is 4.83. The normalized spacial score (nSPS) is 25.2. The Labute approximate surface area is 173 Å². The maximum Gasteiger partial charge on any atom is 0.317 e. The van der Waals surface area contributed by atoms with Gasteiger partial charge in [-0.05, 0) is 30.5 Å². The van der Waals surface area contributed by atoms with E-state index in [9.17, 15) is 14.0 Å². The van der Waals surface area contributed by atoms with E-state index >= 15 is 0 Å². The average molecular weight is 423 g/mol. The molecule has 0 saturated carbocycles. The smallest absolute Gasteiger partial charge is 0.317 e. The summed E-state index contributed by atoms with van der Waals surface area (Å²) in [5.74, 6) is -1.67. The Morgan fingerprint density at radius 3 is 2.69 bits per heavy atom. The van der Waals surface area contributed by atoms with Gasteiger partial charge in [-0.15, -0.1) is 0 Å². The molecule has 7 nitrogen and oxygen atoms in total. The number of nitrogens with one attached hydrogen (secondary N) is 1. The van der Waals surface area contributed by atoms with Crippen molar-refractivity contribution in [1.29, 1.82) is 0 Å². The first-order chi connectivity index (χ1) is 14.0. The molecule has 1 aromatic carbocycles. The number of carbonyl (C=O) groups is 2. The minimum atomic E-state index is -0.719. The van der Waals surface area contributed by atoms with Crippen LogP contribution in [0, 0.1) is 11.7 Å². The monoisotopic (exact) mass is 422 g/mol. The SMILES string of the molecule is NC(=O)C1C(c2cccc(F)c2)=C(Cl)N2CCN(C(=O)NC3CCOCC3)CC12. The lowest BCUT2D eigenvalue weighted by Crippen LogP contribution is -2.58. The highest BCUT2D eigenvalue weighted by atomic mass is 35.5. The van der Waals surface area contributed by atoms with E-state index in [4.69, 9.17) is 22.1 Å². The van der Waals surface area contributed by atoms with Crippen LogP contribution in [0.3, 0.4) is 0 Å². The Hall–Kier alpha value is -2.32. The molecule has 3 amide bonds. The van der Waals surface area contributed by atoms with Crippen LogP contribution in [0.5, 0.6) is 0 Å². The van der Waals surface area contributed by atoms with Crippen molar-refractivity contribution in [2.75, 3.05) is 32.8 Å². The number of nitrogens with zero attached hydrogens (tertiary/aromatic N) is 2. The van der Waals surface area contributed by atoms with Gasteiger partial charge in [0.05, 0.1) is 12.0 Å². The van der Waals surface area contributed by atoms with Crippen LogP contribution >= 0.6 is 11.6 Å². The van der Waals surface area contributed by atoms with Crippen LogP contribution < -0.4 is 11.1 Å². The minimum Gasteiger partial charge on any atom is -0.381 e. The van der Waals surface area contributed by atoms with Crippen molar-refractivity contribution in [2.24, 2.45) is 11.7 Å². The molecule has 29 heavy (non-hydrogen) atoms. The Bertz CT molecular complexity index is 843. The quantitative estimate of drug-likeness (QED) is 0.726. The standard InChI is InChI=1S/C20H24ClFN4O3/c21-18-16(12-2-1-3-13(22)10-12)17(19(23)27)15-11-25(6-7-26(15)18)20(28)24-14-4-8-29-9-5-14/h1-3,10,14-15,17H,4-9,11H2,(H2,23,27)(H,24,28). The summed E-state index contributed by atoms with van der Waals surface area (Å²) in [6, 6.07) is 5.54. The molecule has 0 aliphatic carbocycles.